The third kappa shape index (κ3) is 3.40. The first kappa shape index (κ1) is 17.5. The van der Waals surface area contributed by atoms with Crippen molar-refractivity contribution in [3.8, 4) is 11.5 Å². The minimum Gasteiger partial charge on any atom is -0.454 e. The van der Waals surface area contributed by atoms with Crippen molar-refractivity contribution in [2.45, 2.75) is 18.4 Å². The van der Waals surface area contributed by atoms with E-state index in [2.05, 4.69) is 9.97 Å². The standard InChI is InChI=1S/C19H22N4O4/c1-22(2)19(25)14-8-20-9-18(21-14)23-6-5-13(15(24)10-23)12-3-4-16-17(7-12)27-11-26-16/h3-4,7-9,13,15,24H,5-6,10-11H2,1-2H3/t13-,15+/m0/s1. The molecule has 1 N–H and O–H groups in total. The van der Waals surface area contributed by atoms with Crippen molar-refractivity contribution in [3.05, 3.63) is 41.9 Å². The van der Waals surface area contributed by atoms with Gasteiger partial charge in [0.15, 0.2) is 11.5 Å². The number of carbonyl (C=O) groups excluding carboxylic acids is 1. The number of aliphatic hydroxyl groups is 1. The van der Waals surface area contributed by atoms with E-state index in [1.165, 1.54) is 11.1 Å². The zero-order valence-corrected chi connectivity index (χ0v) is 15.3. The molecule has 0 saturated carbocycles. The van der Waals surface area contributed by atoms with E-state index in [9.17, 15) is 9.90 Å². The number of carbonyl (C=O) groups is 1. The summed E-state index contributed by atoms with van der Waals surface area (Å²) in [7, 11) is 3.36. The van der Waals surface area contributed by atoms with Crippen molar-refractivity contribution in [1.82, 2.24) is 14.9 Å². The SMILES string of the molecule is CN(C)C(=O)c1cncc(N2CC[C@@H](c3ccc4c(c3)OCO4)[C@H](O)C2)n1. The third-order valence-electron chi connectivity index (χ3n) is 4.98. The zero-order valence-electron chi connectivity index (χ0n) is 15.3. The first-order valence-electron chi connectivity index (χ1n) is 8.89. The number of aromatic nitrogens is 2. The van der Waals surface area contributed by atoms with Gasteiger partial charge in [0, 0.05) is 33.1 Å². The van der Waals surface area contributed by atoms with E-state index in [0.717, 1.165) is 23.5 Å². The van der Waals surface area contributed by atoms with Gasteiger partial charge in [0.05, 0.1) is 18.5 Å². The van der Waals surface area contributed by atoms with Crippen LogP contribution in [-0.2, 0) is 0 Å². The summed E-state index contributed by atoms with van der Waals surface area (Å²) in [6, 6.07) is 5.81. The molecule has 2 atom stereocenters. The molecule has 2 aliphatic rings. The van der Waals surface area contributed by atoms with Crippen LogP contribution in [0.25, 0.3) is 0 Å². The van der Waals surface area contributed by atoms with Crippen molar-refractivity contribution in [1.29, 1.82) is 0 Å². The monoisotopic (exact) mass is 370 g/mol. The minimum atomic E-state index is -0.561. The lowest BCUT2D eigenvalue weighted by Gasteiger charge is -2.36. The number of aliphatic hydroxyl groups excluding tert-OH is 1. The normalized spacial score (nSPS) is 21.2. The van der Waals surface area contributed by atoms with E-state index in [1.54, 1.807) is 20.3 Å². The number of anilines is 1. The number of piperidine rings is 1. The second kappa shape index (κ2) is 7.03. The Balaban J connectivity index is 1.49. The molecule has 2 aromatic rings. The quantitative estimate of drug-likeness (QED) is 0.870. The van der Waals surface area contributed by atoms with Crippen LogP contribution in [0.3, 0.4) is 0 Å². The fourth-order valence-corrected chi connectivity index (χ4v) is 3.51. The lowest BCUT2D eigenvalue weighted by molar-refractivity contribution is 0.0821. The highest BCUT2D eigenvalue weighted by Gasteiger charge is 2.31. The van der Waals surface area contributed by atoms with Gasteiger partial charge >= 0.3 is 0 Å². The van der Waals surface area contributed by atoms with Crippen LogP contribution in [0.5, 0.6) is 11.5 Å². The van der Waals surface area contributed by atoms with Crippen LogP contribution in [0.4, 0.5) is 5.82 Å². The lowest BCUT2D eigenvalue weighted by atomic mass is 9.87. The number of β-amino-alcohol motifs (C(OH)–C–C–N with tert-alkyl or cyclic N) is 1. The predicted molar refractivity (Wildman–Crippen MR) is 98.2 cm³/mol. The Labute approximate surface area is 157 Å². The summed E-state index contributed by atoms with van der Waals surface area (Å²) in [6.45, 7) is 1.37. The number of benzene rings is 1. The molecule has 8 heteroatoms. The molecule has 1 aromatic heterocycles. The topological polar surface area (TPSA) is 88.0 Å². The van der Waals surface area contributed by atoms with Crippen LogP contribution in [0.1, 0.15) is 28.4 Å². The van der Waals surface area contributed by atoms with Crippen molar-refractivity contribution >= 4 is 11.7 Å². The minimum absolute atomic E-state index is 0.00954. The maximum absolute atomic E-state index is 12.1. The van der Waals surface area contributed by atoms with Crippen LogP contribution >= 0.6 is 0 Å². The van der Waals surface area contributed by atoms with E-state index in [-0.39, 0.29) is 18.6 Å². The van der Waals surface area contributed by atoms with E-state index in [0.29, 0.717) is 24.6 Å². The Morgan fingerprint density at radius 2 is 2.07 bits per heavy atom. The van der Waals surface area contributed by atoms with Crippen LogP contribution in [0.15, 0.2) is 30.6 Å². The zero-order chi connectivity index (χ0) is 19.0. The second-order valence-electron chi connectivity index (χ2n) is 6.98. The van der Waals surface area contributed by atoms with Crippen LogP contribution in [0.2, 0.25) is 0 Å². The average molecular weight is 370 g/mol. The smallest absolute Gasteiger partial charge is 0.273 e. The Bertz CT molecular complexity index is 857. The van der Waals surface area contributed by atoms with Gasteiger partial charge in [-0.2, -0.15) is 0 Å². The summed E-state index contributed by atoms with van der Waals surface area (Å²) in [5.41, 5.74) is 1.33. The number of fused-ring (bicyclic) bond motifs is 1. The largest absolute Gasteiger partial charge is 0.454 e. The maximum atomic E-state index is 12.1. The molecule has 1 fully saturated rings. The molecule has 8 nitrogen and oxygen atoms in total. The highest BCUT2D eigenvalue weighted by molar-refractivity contribution is 5.91. The fraction of sp³-hybridized carbons (Fsp3) is 0.421. The number of nitrogens with zero attached hydrogens (tertiary/aromatic N) is 4. The Kier molecular flexibility index (Phi) is 4.57. The third-order valence-corrected chi connectivity index (χ3v) is 4.98. The van der Waals surface area contributed by atoms with Gasteiger partial charge in [-0.25, -0.2) is 4.98 Å². The molecular weight excluding hydrogens is 348 g/mol. The molecule has 1 amide bonds. The van der Waals surface area contributed by atoms with Crippen LogP contribution < -0.4 is 14.4 Å². The molecule has 0 aliphatic carbocycles. The Hall–Kier alpha value is -2.87. The van der Waals surface area contributed by atoms with Crippen LogP contribution in [-0.4, -0.2) is 66.0 Å². The van der Waals surface area contributed by atoms with Crippen molar-refractivity contribution in [2.75, 3.05) is 38.9 Å². The van der Waals surface area contributed by atoms with Crippen molar-refractivity contribution < 1.29 is 19.4 Å². The molecule has 1 aromatic carbocycles. The van der Waals surface area contributed by atoms with Gasteiger partial charge in [0.2, 0.25) is 6.79 Å². The van der Waals surface area contributed by atoms with Gasteiger partial charge in [-0.1, -0.05) is 6.07 Å². The van der Waals surface area contributed by atoms with Crippen LogP contribution in [0, 0.1) is 0 Å². The van der Waals surface area contributed by atoms with Gasteiger partial charge in [-0.3, -0.25) is 9.78 Å². The first-order valence-corrected chi connectivity index (χ1v) is 8.89. The van der Waals surface area contributed by atoms with Gasteiger partial charge < -0.3 is 24.4 Å². The molecule has 1 saturated heterocycles. The van der Waals surface area contributed by atoms with E-state index in [4.69, 9.17) is 9.47 Å². The van der Waals surface area contributed by atoms with Gasteiger partial charge in [0.25, 0.3) is 5.91 Å². The summed E-state index contributed by atoms with van der Waals surface area (Å²) < 4.78 is 10.8. The van der Waals surface area contributed by atoms with Crippen molar-refractivity contribution in [3.63, 3.8) is 0 Å². The van der Waals surface area contributed by atoms with Gasteiger partial charge in [-0.15, -0.1) is 0 Å². The predicted octanol–water partition coefficient (Wildman–Crippen LogP) is 1.26. The molecule has 4 rings (SSSR count). The molecule has 27 heavy (non-hydrogen) atoms. The van der Waals surface area contributed by atoms with E-state index in [1.807, 2.05) is 23.1 Å². The Morgan fingerprint density at radius 1 is 1.26 bits per heavy atom. The van der Waals surface area contributed by atoms with Gasteiger partial charge in [0.1, 0.15) is 11.5 Å². The summed E-state index contributed by atoms with van der Waals surface area (Å²) in [5.74, 6) is 1.88. The number of rotatable bonds is 3. The summed E-state index contributed by atoms with van der Waals surface area (Å²) in [5, 5.41) is 10.7. The molecule has 142 valence electrons. The number of ether oxygens (including phenoxy) is 2. The molecular formula is C19H22N4O4. The molecule has 2 aliphatic heterocycles. The number of amides is 1. The summed E-state index contributed by atoms with van der Waals surface area (Å²) in [6.07, 6.45) is 3.28. The second-order valence-corrected chi connectivity index (χ2v) is 6.98. The first-order chi connectivity index (χ1) is 13.0. The summed E-state index contributed by atoms with van der Waals surface area (Å²) in [4.78, 5) is 24.1. The maximum Gasteiger partial charge on any atom is 0.273 e. The Morgan fingerprint density at radius 3 is 2.85 bits per heavy atom. The molecule has 3 heterocycles. The van der Waals surface area contributed by atoms with E-state index < -0.39 is 6.10 Å². The molecule has 0 unspecified atom stereocenters. The van der Waals surface area contributed by atoms with E-state index >= 15 is 0 Å². The number of hydrogen-bond donors (Lipinski definition) is 1. The average Bonchev–Trinajstić information content (AvgIpc) is 3.15. The van der Waals surface area contributed by atoms with Gasteiger partial charge in [-0.05, 0) is 24.1 Å². The number of hydrogen-bond acceptors (Lipinski definition) is 7. The molecule has 0 spiro atoms. The lowest BCUT2D eigenvalue weighted by Crippen LogP contribution is -2.43. The van der Waals surface area contributed by atoms with Crippen molar-refractivity contribution in [2.24, 2.45) is 0 Å². The summed E-state index contributed by atoms with van der Waals surface area (Å²) >= 11 is 0. The highest BCUT2D eigenvalue weighted by Crippen LogP contribution is 2.37. The molecule has 0 bridgehead atoms. The fourth-order valence-electron chi connectivity index (χ4n) is 3.51. The highest BCUT2D eigenvalue weighted by atomic mass is 16.7. The molecule has 0 radical (unpaired) electrons.